The molecule has 0 aromatic carbocycles. The second kappa shape index (κ2) is 7.57. The molecule has 0 unspecified atom stereocenters. The molecule has 112 valence electrons. The fourth-order valence-electron chi connectivity index (χ4n) is 1.69. The average Bonchev–Trinajstić information content (AvgIpc) is 2.37. The van der Waals surface area contributed by atoms with E-state index in [1.165, 1.54) is 0 Å². The Morgan fingerprint density at radius 2 is 2.00 bits per heavy atom. The minimum Gasteiger partial charge on any atom is -0.347 e. The smallest absolute Gasteiger partial charge is 0.241 e. The standard InChI is InChI=1S/C14H23BrN4O/c1-6-7-19(9-13(20)18(4)5)12-8-11(15)16-14(17-12)10(2)3/h8,10H,6-7,9H2,1-5H3. The average molecular weight is 343 g/mol. The molecule has 1 rings (SSSR count). The second-order valence-electron chi connectivity index (χ2n) is 5.27. The summed E-state index contributed by atoms with van der Waals surface area (Å²) >= 11 is 3.42. The van der Waals surface area contributed by atoms with Gasteiger partial charge in [-0.2, -0.15) is 0 Å². The molecule has 0 saturated heterocycles. The molecule has 0 aliphatic carbocycles. The molecule has 1 aromatic rings. The third-order valence-electron chi connectivity index (χ3n) is 2.86. The summed E-state index contributed by atoms with van der Waals surface area (Å²) in [6, 6.07) is 1.87. The van der Waals surface area contributed by atoms with Gasteiger partial charge in [-0.1, -0.05) is 20.8 Å². The minimum atomic E-state index is 0.0688. The summed E-state index contributed by atoms with van der Waals surface area (Å²) < 4.78 is 0.754. The number of rotatable bonds is 6. The largest absolute Gasteiger partial charge is 0.347 e. The lowest BCUT2D eigenvalue weighted by Gasteiger charge is -2.25. The van der Waals surface area contributed by atoms with E-state index >= 15 is 0 Å². The molecule has 0 aliphatic rings. The molecular formula is C14H23BrN4O. The van der Waals surface area contributed by atoms with E-state index < -0.39 is 0 Å². The van der Waals surface area contributed by atoms with E-state index in [4.69, 9.17) is 0 Å². The van der Waals surface area contributed by atoms with Crippen LogP contribution in [0.1, 0.15) is 38.9 Å². The van der Waals surface area contributed by atoms with E-state index in [-0.39, 0.29) is 11.8 Å². The highest BCUT2D eigenvalue weighted by atomic mass is 79.9. The van der Waals surface area contributed by atoms with Crippen LogP contribution in [-0.2, 0) is 4.79 Å². The summed E-state index contributed by atoms with van der Waals surface area (Å²) in [5.74, 6) is 1.90. The first-order valence-electron chi connectivity index (χ1n) is 6.84. The van der Waals surface area contributed by atoms with Gasteiger partial charge in [0.15, 0.2) is 0 Å². The molecule has 1 aromatic heterocycles. The molecule has 1 amide bonds. The topological polar surface area (TPSA) is 49.3 Å². The van der Waals surface area contributed by atoms with E-state index in [9.17, 15) is 4.79 Å². The number of likely N-dealkylation sites (N-methyl/N-ethyl adjacent to an activating group) is 1. The van der Waals surface area contributed by atoms with Crippen LogP contribution in [0.5, 0.6) is 0 Å². The maximum atomic E-state index is 11.9. The van der Waals surface area contributed by atoms with Crippen LogP contribution < -0.4 is 4.90 Å². The molecule has 0 saturated carbocycles. The van der Waals surface area contributed by atoms with Gasteiger partial charge in [0.25, 0.3) is 0 Å². The summed E-state index contributed by atoms with van der Waals surface area (Å²) in [5, 5.41) is 0. The monoisotopic (exact) mass is 342 g/mol. The molecular weight excluding hydrogens is 320 g/mol. The lowest BCUT2D eigenvalue weighted by Crippen LogP contribution is -2.37. The first-order chi connectivity index (χ1) is 9.35. The molecule has 0 fully saturated rings. The lowest BCUT2D eigenvalue weighted by molar-refractivity contribution is -0.127. The predicted molar refractivity (Wildman–Crippen MR) is 85.0 cm³/mol. The van der Waals surface area contributed by atoms with Gasteiger partial charge in [0.05, 0.1) is 6.54 Å². The number of carbonyl (C=O) groups excluding carboxylic acids is 1. The third-order valence-corrected chi connectivity index (χ3v) is 3.26. The summed E-state index contributed by atoms with van der Waals surface area (Å²) in [7, 11) is 3.53. The van der Waals surface area contributed by atoms with Crippen LogP contribution in [-0.4, -0.2) is 48.0 Å². The normalized spacial score (nSPS) is 10.8. The number of hydrogen-bond acceptors (Lipinski definition) is 4. The first kappa shape index (κ1) is 16.9. The minimum absolute atomic E-state index is 0.0688. The van der Waals surface area contributed by atoms with Gasteiger partial charge >= 0.3 is 0 Å². The summed E-state index contributed by atoms with van der Waals surface area (Å²) in [4.78, 5) is 24.5. The van der Waals surface area contributed by atoms with Crippen LogP contribution in [0.25, 0.3) is 0 Å². The van der Waals surface area contributed by atoms with Crippen molar-refractivity contribution in [2.24, 2.45) is 0 Å². The zero-order valence-corrected chi connectivity index (χ0v) is 14.4. The zero-order chi connectivity index (χ0) is 15.3. The van der Waals surface area contributed by atoms with Gasteiger partial charge in [0.1, 0.15) is 16.2 Å². The van der Waals surface area contributed by atoms with Gasteiger partial charge in [0, 0.05) is 32.6 Å². The summed E-state index contributed by atoms with van der Waals surface area (Å²) in [6.45, 7) is 7.33. The van der Waals surface area contributed by atoms with Gasteiger partial charge < -0.3 is 9.80 Å². The Bertz CT molecular complexity index is 462. The van der Waals surface area contributed by atoms with Gasteiger partial charge in [-0.15, -0.1) is 0 Å². The predicted octanol–water partition coefficient (Wildman–Crippen LogP) is 2.67. The van der Waals surface area contributed by atoms with Crippen LogP contribution in [0.4, 0.5) is 5.82 Å². The van der Waals surface area contributed by atoms with Crippen molar-refractivity contribution in [2.75, 3.05) is 32.1 Å². The van der Waals surface area contributed by atoms with Gasteiger partial charge in [-0.3, -0.25) is 4.79 Å². The molecule has 0 spiro atoms. The van der Waals surface area contributed by atoms with Gasteiger partial charge in [-0.25, -0.2) is 9.97 Å². The Hall–Kier alpha value is -1.17. The molecule has 5 nitrogen and oxygen atoms in total. The maximum absolute atomic E-state index is 11.9. The van der Waals surface area contributed by atoms with Crippen LogP contribution >= 0.6 is 15.9 Å². The Labute approximate surface area is 129 Å². The highest BCUT2D eigenvalue weighted by Gasteiger charge is 2.16. The number of hydrogen-bond donors (Lipinski definition) is 0. The highest BCUT2D eigenvalue weighted by molar-refractivity contribution is 9.10. The number of halogens is 1. The molecule has 20 heavy (non-hydrogen) atoms. The fourth-order valence-corrected chi connectivity index (χ4v) is 2.08. The van der Waals surface area contributed by atoms with Crippen molar-refractivity contribution in [3.05, 3.63) is 16.5 Å². The SMILES string of the molecule is CCCN(CC(=O)N(C)C)c1cc(Br)nc(C(C)C)n1. The van der Waals surface area contributed by atoms with Crippen LogP contribution in [0.2, 0.25) is 0 Å². The molecule has 0 radical (unpaired) electrons. The van der Waals surface area contributed by atoms with Crippen LogP contribution in [0, 0.1) is 0 Å². The Morgan fingerprint density at radius 3 is 2.50 bits per heavy atom. The third kappa shape index (κ3) is 4.74. The van der Waals surface area contributed by atoms with Crippen molar-refractivity contribution >= 4 is 27.7 Å². The van der Waals surface area contributed by atoms with Crippen LogP contribution in [0.3, 0.4) is 0 Å². The van der Waals surface area contributed by atoms with Crippen molar-refractivity contribution < 1.29 is 4.79 Å². The molecule has 6 heteroatoms. The van der Waals surface area contributed by atoms with E-state index in [0.29, 0.717) is 6.54 Å². The maximum Gasteiger partial charge on any atom is 0.241 e. The number of anilines is 1. The van der Waals surface area contributed by atoms with E-state index in [2.05, 4.69) is 46.7 Å². The second-order valence-corrected chi connectivity index (χ2v) is 6.08. The van der Waals surface area contributed by atoms with Gasteiger partial charge in [-0.05, 0) is 22.4 Å². The van der Waals surface area contributed by atoms with Crippen molar-refractivity contribution in [1.82, 2.24) is 14.9 Å². The number of amides is 1. The Kier molecular flexibility index (Phi) is 6.39. The summed E-state index contributed by atoms with van der Waals surface area (Å²) in [5.41, 5.74) is 0. The van der Waals surface area contributed by atoms with Crippen molar-refractivity contribution in [3.63, 3.8) is 0 Å². The zero-order valence-electron chi connectivity index (χ0n) is 12.9. The molecule has 0 N–H and O–H groups in total. The fraction of sp³-hybridized carbons (Fsp3) is 0.643. The molecule has 0 aliphatic heterocycles. The van der Waals surface area contributed by atoms with Gasteiger partial charge in [0.2, 0.25) is 5.91 Å². The lowest BCUT2D eigenvalue weighted by atomic mass is 10.2. The van der Waals surface area contributed by atoms with Crippen molar-refractivity contribution in [3.8, 4) is 0 Å². The summed E-state index contributed by atoms with van der Waals surface area (Å²) in [6.07, 6.45) is 0.958. The Balaban J connectivity index is 3.04. The van der Waals surface area contributed by atoms with Crippen molar-refractivity contribution in [2.45, 2.75) is 33.1 Å². The Morgan fingerprint density at radius 1 is 1.35 bits per heavy atom. The van der Waals surface area contributed by atoms with E-state index in [1.807, 2.05) is 11.0 Å². The van der Waals surface area contributed by atoms with Crippen LogP contribution in [0.15, 0.2) is 10.7 Å². The molecule has 0 bridgehead atoms. The quantitative estimate of drug-likeness (QED) is 0.745. The van der Waals surface area contributed by atoms with E-state index in [0.717, 1.165) is 29.2 Å². The first-order valence-corrected chi connectivity index (χ1v) is 7.64. The number of aromatic nitrogens is 2. The number of carbonyl (C=O) groups is 1. The molecule has 0 atom stereocenters. The van der Waals surface area contributed by atoms with Crippen molar-refractivity contribution in [1.29, 1.82) is 0 Å². The molecule has 1 heterocycles. The van der Waals surface area contributed by atoms with E-state index in [1.54, 1.807) is 19.0 Å². The highest BCUT2D eigenvalue weighted by Crippen LogP contribution is 2.20. The number of nitrogens with zero attached hydrogens (tertiary/aromatic N) is 4.